The number of allylic oxidation sites excluding steroid dienone is 1. The fourth-order valence-electron chi connectivity index (χ4n) is 4.53. The second-order valence-corrected chi connectivity index (χ2v) is 8.80. The third kappa shape index (κ3) is 7.79. The Labute approximate surface area is 186 Å². The van der Waals surface area contributed by atoms with Crippen LogP contribution in [0.1, 0.15) is 58.3 Å². The Hall–Kier alpha value is -2.16. The normalized spacial score (nSPS) is 22.5. The van der Waals surface area contributed by atoms with Gasteiger partial charge in [0.1, 0.15) is 24.7 Å². The van der Waals surface area contributed by atoms with E-state index in [2.05, 4.69) is 30.3 Å². The van der Waals surface area contributed by atoms with E-state index in [9.17, 15) is 8.78 Å². The molecule has 0 spiro atoms. The van der Waals surface area contributed by atoms with Crippen molar-refractivity contribution in [1.82, 2.24) is 0 Å². The first kappa shape index (κ1) is 23.5. The highest BCUT2D eigenvalue weighted by Gasteiger charge is 2.29. The van der Waals surface area contributed by atoms with Crippen molar-refractivity contribution in [3.63, 3.8) is 0 Å². The Balaban J connectivity index is 1.35. The third-order valence-electron chi connectivity index (χ3n) is 6.36. The van der Waals surface area contributed by atoms with Gasteiger partial charge in [-0.3, -0.25) is 0 Å². The van der Waals surface area contributed by atoms with Crippen LogP contribution in [0.25, 0.3) is 11.1 Å². The fourth-order valence-corrected chi connectivity index (χ4v) is 4.53. The van der Waals surface area contributed by atoms with Gasteiger partial charge in [0.05, 0.1) is 0 Å². The van der Waals surface area contributed by atoms with Crippen molar-refractivity contribution in [2.75, 3.05) is 6.61 Å². The van der Waals surface area contributed by atoms with Crippen molar-refractivity contribution in [2.24, 2.45) is 11.8 Å². The molecule has 2 aromatic carbocycles. The van der Waals surface area contributed by atoms with E-state index in [1.807, 2.05) is 43.3 Å². The maximum absolute atomic E-state index is 14.6. The number of hydrogen-bond donors (Lipinski definition) is 0. The number of ether oxygens (including phenoxy) is 1. The summed E-state index contributed by atoms with van der Waals surface area (Å²) in [5.74, 6) is 1.23. The molecule has 0 radical (unpaired) electrons. The molecular weight excluding hydrogens is 390 g/mol. The Morgan fingerprint density at radius 2 is 1.74 bits per heavy atom. The van der Waals surface area contributed by atoms with Crippen molar-refractivity contribution in [2.45, 2.75) is 70.6 Å². The maximum atomic E-state index is 14.6. The molecule has 2 aromatic rings. The van der Waals surface area contributed by atoms with Gasteiger partial charge in [0.2, 0.25) is 0 Å². The molecule has 0 bridgehead atoms. The molecule has 168 valence electrons. The number of hydrogen-bond acceptors (Lipinski definition) is 1. The quantitative estimate of drug-likeness (QED) is 0.328. The van der Waals surface area contributed by atoms with Crippen LogP contribution in [0.5, 0.6) is 5.75 Å². The molecule has 3 heteroatoms. The molecule has 31 heavy (non-hydrogen) atoms. The summed E-state index contributed by atoms with van der Waals surface area (Å²) < 4.78 is 34.0. The Kier molecular flexibility index (Phi) is 9.58. The number of benzene rings is 2. The maximum Gasteiger partial charge on any atom is 0.119 e. The molecule has 1 fully saturated rings. The third-order valence-corrected chi connectivity index (χ3v) is 6.36. The molecule has 0 N–H and O–H groups in total. The lowest BCUT2D eigenvalue weighted by molar-refractivity contribution is 0.129. The Bertz CT molecular complexity index is 771. The monoisotopic (exact) mass is 426 g/mol. The summed E-state index contributed by atoms with van der Waals surface area (Å²) in [6.07, 6.45) is 8.89. The molecule has 0 aliphatic heterocycles. The van der Waals surface area contributed by atoms with Gasteiger partial charge in [0.15, 0.2) is 0 Å². The summed E-state index contributed by atoms with van der Waals surface area (Å²) in [6, 6.07) is 18.4. The zero-order chi connectivity index (χ0) is 21.9. The van der Waals surface area contributed by atoms with E-state index in [-0.39, 0.29) is 11.8 Å². The predicted molar refractivity (Wildman–Crippen MR) is 126 cm³/mol. The Morgan fingerprint density at radius 1 is 1.00 bits per heavy atom. The van der Waals surface area contributed by atoms with E-state index in [0.717, 1.165) is 37.9 Å². The minimum Gasteiger partial charge on any atom is -0.490 e. The molecule has 1 saturated carbocycles. The van der Waals surface area contributed by atoms with Crippen molar-refractivity contribution in [3.05, 3.63) is 66.7 Å². The molecule has 1 aliphatic carbocycles. The first-order valence-electron chi connectivity index (χ1n) is 11.9. The van der Waals surface area contributed by atoms with Gasteiger partial charge in [-0.25, -0.2) is 8.78 Å². The largest absolute Gasteiger partial charge is 0.490 e. The van der Waals surface area contributed by atoms with Gasteiger partial charge in [0.25, 0.3) is 0 Å². The molecule has 1 aliphatic rings. The van der Waals surface area contributed by atoms with Gasteiger partial charge >= 0.3 is 0 Å². The van der Waals surface area contributed by atoms with Crippen LogP contribution in [0, 0.1) is 11.8 Å². The SMILES string of the molecule is CCCC(F)CCCC1CC[C@@H](/C=C/COc2ccc(-c3ccccc3)cc2)C[C@@H]1F. The van der Waals surface area contributed by atoms with Crippen molar-refractivity contribution >= 4 is 0 Å². The summed E-state index contributed by atoms with van der Waals surface area (Å²) in [5.41, 5.74) is 2.36. The van der Waals surface area contributed by atoms with Gasteiger partial charge in [0, 0.05) is 0 Å². The van der Waals surface area contributed by atoms with Gasteiger partial charge in [-0.2, -0.15) is 0 Å². The van der Waals surface area contributed by atoms with Crippen molar-refractivity contribution in [1.29, 1.82) is 0 Å². The van der Waals surface area contributed by atoms with Crippen LogP contribution in [-0.4, -0.2) is 19.0 Å². The molecule has 4 atom stereocenters. The Morgan fingerprint density at radius 3 is 2.45 bits per heavy atom. The molecular formula is C28H36F2O. The summed E-state index contributed by atoms with van der Waals surface area (Å²) in [7, 11) is 0. The highest BCUT2D eigenvalue weighted by Crippen LogP contribution is 2.35. The van der Waals surface area contributed by atoms with Crippen LogP contribution >= 0.6 is 0 Å². The first-order valence-corrected chi connectivity index (χ1v) is 11.9. The van der Waals surface area contributed by atoms with Crippen LogP contribution < -0.4 is 4.74 Å². The van der Waals surface area contributed by atoms with E-state index in [1.165, 1.54) is 11.1 Å². The summed E-state index contributed by atoms with van der Waals surface area (Å²) in [6.45, 7) is 2.50. The van der Waals surface area contributed by atoms with E-state index < -0.39 is 12.3 Å². The van der Waals surface area contributed by atoms with Crippen LogP contribution in [0.3, 0.4) is 0 Å². The molecule has 0 heterocycles. The first-order chi connectivity index (χ1) is 15.2. The van der Waals surface area contributed by atoms with Gasteiger partial charge < -0.3 is 4.74 Å². The lowest BCUT2D eigenvalue weighted by Gasteiger charge is -2.30. The molecule has 2 unspecified atom stereocenters. The van der Waals surface area contributed by atoms with E-state index in [0.29, 0.717) is 25.9 Å². The van der Waals surface area contributed by atoms with Gasteiger partial charge in [-0.05, 0) is 73.6 Å². The summed E-state index contributed by atoms with van der Waals surface area (Å²) >= 11 is 0. The highest BCUT2D eigenvalue weighted by molar-refractivity contribution is 5.63. The summed E-state index contributed by atoms with van der Waals surface area (Å²) in [4.78, 5) is 0. The molecule has 1 nitrogen and oxygen atoms in total. The number of rotatable bonds is 11. The lowest BCUT2D eigenvalue weighted by Crippen LogP contribution is -2.25. The van der Waals surface area contributed by atoms with Crippen LogP contribution in [0.15, 0.2) is 66.7 Å². The van der Waals surface area contributed by atoms with Crippen LogP contribution in [0.2, 0.25) is 0 Å². The number of alkyl halides is 2. The topological polar surface area (TPSA) is 9.23 Å². The van der Waals surface area contributed by atoms with E-state index >= 15 is 0 Å². The molecule has 3 rings (SSSR count). The van der Waals surface area contributed by atoms with Crippen LogP contribution in [-0.2, 0) is 0 Å². The fraction of sp³-hybridized carbons (Fsp3) is 0.500. The lowest BCUT2D eigenvalue weighted by atomic mass is 9.78. The zero-order valence-electron chi connectivity index (χ0n) is 18.7. The minimum absolute atomic E-state index is 0.109. The standard InChI is InChI=1S/C28H36F2O/c1-2-8-26(29)13-6-12-25-15-14-22(21-28(25)30)9-7-20-31-27-18-16-24(17-19-27)23-10-4-3-5-11-23/h3-5,7,9-11,16-19,22,25-26,28H,2,6,8,12-15,20-21H2,1H3/b9-7+/t22-,25?,26?,28+/m1/s1. The smallest absolute Gasteiger partial charge is 0.119 e. The average Bonchev–Trinajstić information content (AvgIpc) is 2.79. The molecule has 0 amide bonds. The zero-order valence-corrected chi connectivity index (χ0v) is 18.7. The summed E-state index contributed by atoms with van der Waals surface area (Å²) in [5, 5.41) is 0. The average molecular weight is 427 g/mol. The van der Waals surface area contributed by atoms with Crippen molar-refractivity contribution < 1.29 is 13.5 Å². The molecule has 0 aromatic heterocycles. The highest BCUT2D eigenvalue weighted by atomic mass is 19.1. The van der Waals surface area contributed by atoms with E-state index in [4.69, 9.17) is 4.74 Å². The predicted octanol–water partition coefficient (Wildman–Crippen LogP) is 8.35. The van der Waals surface area contributed by atoms with Gasteiger partial charge in [-0.15, -0.1) is 0 Å². The second kappa shape index (κ2) is 12.6. The number of halogens is 2. The minimum atomic E-state index is -0.765. The van der Waals surface area contributed by atoms with E-state index in [1.54, 1.807) is 0 Å². The molecule has 0 saturated heterocycles. The second-order valence-electron chi connectivity index (χ2n) is 8.80. The van der Waals surface area contributed by atoms with Crippen molar-refractivity contribution in [3.8, 4) is 16.9 Å². The van der Waals surface area contributed by atoms with Gasteiger partial charge in [-0.1, -0.05) is 74.4 Å². The van der Waals surface area contributed by atoms with Crippen LogP contribution in [0.4, 0.5) is 8.78 Å².